The molecule has 5 nitrogen and oxygen atoms in total. The largest absolute Gasteiger partial charge is 0.480 e. The number of carbonyl (C=O) groups is 2. The summed E-state index contributed by atoms with van der Waals surface area (Å²) in [6.45, 7) is 4.23. The Hall–Kier alpha value is -1.10. The second kappa shape index (κ2) is 4.61. The van der Waals surface area contributed by atoms with Crippen LogP contribution in [0.25, 0.3) is 0 Å². The number of nitrogens with one attached hydrogen (secondary N) is 2. The van der Waals surface area contributed by atoms with Crippen LogP contribution in [0.5, 0.6) is 0 Å². The highest BCUT2D eigenvalue weighted by Gasteiger charge is 2.39. The first-order chi connectivity index (χ1) is 7.02. The summed E-state index contributed by atoms with van der Waals surface area (Å²) >= 11 is 0. The van der Waals surface area contributed by atoms with Crippen LogP contribution in [-0.4, -0.2) is 35.1 Å². The summed E-state index contributed by atoms with van der Waals surface area (Å²) in [6.07, 6.45) is 2.43. The van der Waals surface area contributed by atoms with E-state index in [1.165, 1.54) is 6.92 Å². The summed E-state index contributed by atoms with van der Waals surface area (Å²) in [7, 11) is 0. The van der Waals surface area contributed by atoms with Gasteiger partial charge in [-0.2, -0.15) is 0 Å². The molecule has 0 aromatic carbocycles. The third-order valence-electron chi connectivity index (χ3n) is 3.00. The van der Waals surface area contributed by atoms with E-state index in [1.54, 1.807) is 0 Å². The van der Waals surface area contributed by atoms with Crippen LogP contribution < -0.4 is 10.6 Å². The summed E-state index contributed by atoms with van der Waals surface area (Å²) in [5, 5.41) is 14.4. The van der Waals surface area contributed by atoms with E-state index < -0.39 is 17.6 Å². The Bertz CT molecular complexity index is 259. The second-order valence-corrected chi connectivity index (χ2v) is 4.00. The fourth-order valence-corrected chi connectivity index (χ4v) is 1.86. The maximum atomic E-state index is 11.9. The molecule has 86 valence electrons. The van der Waals surface area contributed by atoms with Crippen LogP contribution in [0.15, 0.2) is 0 Å². The van der Waals surface area contributed by atoms with Gasteiger partial charge in [-0.3, -0.25) is 9.59 Å². The Morgan fingerprint density at radius 1 is 1.60 bits per heavy atom. The van der Waals surface area contributed by atoms with Gasteiger partial charge in [-0.15, -0.1) is 0 Å². The Morgan fingerprint density at radius 3 is 2.67 bits per heavy atom. The van der Waals surface area contributed by atoms with Gasteiger partial charge >= 0.3 is 5.97 Å². The van der Waals surface area contributed by atoms with Crippen LogP contribution in [-0.2, 0) is 9.59 Å². The number of hydrogen-bond donors (Lipinski definition) is 3. The van der Waals surface area contributed by atoms with Gasteiger partial charge in [0.1, 0.15) is 6.04 Å². The minimum atomic E-state index is -1.01. The van der Waals surface area contributed by atoms with Gasteiger partial charge in [-0.25, -0.2) is 0 Å². The van der Waals surface area contributed by atoms with Crippen molar-refractivity contribution in [2.45, 2.75) is 44.7 Å². The van der Waals surface area contributed by atoms with Crippen molar-refractivity contribution in [3.05, 3.63) is 0 Å². The highest BCUT2D eigenvalue weighted by atomic mass is 16.4. The highest BCUT2D eigenvalue weighted by Crippen LogP contribution is 2.23. The number of carbonyl (C=O) groups excluding carboxylic acids is 1. The predicted molar refractivity (Wildman–Crippen MR) is 55.5 cm³/mol. The minimum Gasteiger partial charge on any atom is -0.480 e. The molecule has 1 amide bonds. The predicted octanol–water partition coefficient (Wildman–Crippen LogP) is 0.108. The van der Waals surface area contributed by atoms with Gasteiger partial charge < -0.3 is 15.7 Å². The number of aliphatic carboxylic acids is 1. The Balaban J connectivity index is 2.62. The zero-order valence-corrected chi connectivity index (χ0v) is 9.17. The van der Waals surface area contributed by atoms with E-state index in [2.05, 4.69) is 10.6 Å². The van der Waals surface area contributed by atoms with Crippen molar-refractivity contribution >= 4 is 11.9 Å². The molecular weight excluding hydrogens is 196 g/mol. The first-order valence-corrected chi connectivity index (χ1v) is 5.30. The normalized spacial score (nSPS) is 27.3. The van der Waals surface area contributed by atoms with Crippen molar-refractivity contribution in [3.8, 4) is 0 Å². The SMILES string of the molecule is CCC1(C(=O)NC(C)C(=O)O)CCCN1. The molecule has 0 radical (unpaired) electrons. The summed E-state index contributed by atoms with van der Waals surface area (Å²) in [4.78, 5) is 22.5. The van der Waals surface area contributed by atoms with Gasteiger partial charge in [0.2, 0.25) is 5.91 Å². The number of carboxylic acids is 1. The monoisotopic (exact) mass is 214 g/mol. The van der Waals surface area contributed by atoms with E-state index in [0.717, 1.165) is 19.4 Å². The van der Waals surface area contributed by atoms with E-state index in [4.69, 9.17) is 5.11 Å². The van der Waals surface area contributed by atoms with Crippen molar-refractivity contribution in [1.29, 1.82) is 0 Å². The molecule has 1 rings (SSSR count). The van der Waals surface area contributed by atoms with Gasteiger partial charge in [0.15, 0.2) is 0 Å². The van der Waals surface area contributed by atoms with Crippen molar-refractivity contribution in [2.24, 2.45) is 0 Å². The molecule has 5 heteroatoms. The summed E-state index contributed by atoms with van der Waals surface area (Å²) < 4.78 is 0. The van der Waals surface area contributed by atoms with Crippen molar-refractivity contribution in [3.63, 3.8) is 0 Å². The van der Waals surface area contributed by atoms with E-state index in [1.807, 2.05) is 6.92 Å². The lowest BCUT2D eigenvalue weighted by Gasteiger charge is -2.27. The van der Waals surface area contributed by atoms with Gasteiger partial charge in [0.25, 0.3) is 0 Å². The molecule has 0 spiro atoms. The van der Waals surface area contributed by atoms with Crippen LogP contribution in [0.3, 0.4) is 0 Å². The molecule has 1 fully saturated rings. The summed E-state index contributed by atoms with van der Waals surface area (Å²) in [6, 6.07) is -0.830. The van der Waals surface area contributed by atoms with Crippen LogP contribution in [0.1, 0.15) is 33.1 Å². The third kappa shape index (κ3) is 2.47. The molecule has 2 unspecified atom stereocenters. The van der Waals surface area contributed by atoms with Crippen LogP contribution in [0.4, 0.5) is 0 Å². The van der Waals surface area contributed by atoms with Crippen molar-refractivity contribution in [2.75, 3.05) is 6.54 Å². The first-order valence-electron chi connectivity index (χ1n) is 5.30. The fraction of sp³-hybridized carbons (Fsp3) is 0.800. The first kappa shape index (κ1) is 12.0. The average molecular weight is 214 g/mol. The standard InChI is InChI=1S/C10H18N2O3/c1-3-10(5-4-6-11-10)9(15)12-7(2)8(13)14/h7,11H,3-6H2,1-2H3,(H,12,15)(H,13,14). The number of carboxylic acid groups (broad SMARTS) is 1. The molecule has 1 heterocycles. The summed E-state index contributed by atoms with van der Waals surface area (Å²) in [5.74, 6) is -1.20. The van der Waals surface area contributed by atoms with Crippen LogP contribution in [0.2, 0.25) is 0 Å². The molecule has 0 aromatic rings. The van der Waals surface area contributed by atoms with E-state index >= 15 is 0 Å². The molecule has 15 heavy (non-hydrogen) atoms. The molecule has 1 aliphatic heterocycles. The molecule has 1 aliphatic rings. The van der Waals surface area contributed by atoms with E-state index in [0.29, 0.717) is 6.42 Å². The molecular formula is C10H18N2O3. The number of amides is 1. The fourth-order valence-electron chi connectivity index (χ4n) is 1.86. The Morgan fingerprint density at radius 2 is 2.27 bits per heavy atom. The van der Waals surface area contributed by atoms with Crippen molar-refractivity contribution in [1.82, 2.24) is 10.6 Å². The molecule has 0 aromatic heterocycles. The average Bonchev–Trinajstić information content (AvgIpc) is 2.66. The topological polar surface area (TPSA) is 78.4 Å². The molecule has 0 saturated carbocycles. The zero-order valence-electron chi connectivity index (χ0n) is 9.17. The third-order valence-corrected chi connectivity index (χ3v) is 3.00. The zero-order chi connectivity index (χ0) is 11.5. The highest BCUT2D eigenvalue weighted by molar-refractivity contribution is 5.90. The molecule has 0 bridgehead atoms. The molecule has 3 N–H and O–H groups in total. The van der Waals surface area contributed by atoms with Gasteiger partial charge in [0, 0.05) is 0 Å². The smallest absolute Gasteiger partial charge is 0.325 e. The molecule has 2 atom stereocenters. The van der Waals surface area contributed by atoms with Crippen molar-refractivity contribution < 1.29 is 14.7 Å². The summed E-state index contributed by atoms with van der Waals surface area (Å²) in [5.41, 5.74) is -0.552. The van der Waals surface area contributed by atoms with E-state index in [-0.39, 0.29) is 5.91 Å². The Kier molecular flexibility index (Phi) is 3.68. The minimum absolute atomic E-state index is 0.197. The van der Waals surface area contributed by atoms with Gasteiger partial charge in [-0.05, 0) is 32.7 Å². The number of hydrogen-bond acceptors (Lipinski definition) is 3. The lowest BCUT2D eigenvalue weighted by molar-refractivity contribution is -0.142. The second-order valence-electron chi connectivity index (χ2n) is 4.00. The maximum Gasteiger partial charge on any atom is 0.325 e. The van der Waals surface area contributed by atoms with Crippen LogP contribution >= 0.6 is 0 Å². The Labute approximate surface area is 89.2 Å². The lowest BCUT2D eigenvalue weighted by atomic mass is 9.93. The maximum absolute atomic E-state index is 11.9. The lowest BCUT2D eigenvalue weighted by Crippen LogP contribution is -2.56. The molecule has 0 aliphatic carbocycles. The van der Waals surface area contributed by atoms with Crippen LogP contribution in [0, 0.1) is 0 Å². The van der Waals surface area contributed by atoms with Gasteiger partial charge in [-0.1, -0.05) is 6.92 Å². The van der Waals surface area contributed by atoms with Gasteiger partial charge in [0.05, 0.1) is 5.54 Å². The number of rotatable bonds is 4. The van der Waals surface area contributed by atoms with E-state index in [9.17, 15) is 9.59 Å². The quantitative estimate of drug-likeness (QED) is 0.620. The molecule has 1 saturated heterocycles.